The molecule has 0 radical (unpaired) electrons. The molecule has 2 nitrogen and oxygen atoms in total. The molecule has 1 rings (SSSR count). The Morgan fingerprint density at radius 1 is 1.43 bits per heavy atom. The first kappa shape index (κ1) is 11.1. The van der Waals surface area contributed by atoms with E-state index in [9.17, 15) is 8.78 Å². The first-order valence-corrected chi connectivity index (χ1v) is 4.56. The highest BCUT2D eigenvalue weighted by Crippen LogP contribution is 2.15. The quantitative estimate of drug-likeness (QED) is 0.774. The van der Waals surface area contributed by atoms with Gasteiger partial charge in [-0.05, 0) is 24.7 Å². The molecule has 0 saturated heterocycles. The molecule has 0 amide bonds. The third-order valence-corrected chi connectivity index (χ3v) is 1.97. The lowest BCUT2D eigenvalue weighted by atomic mass is 10.1. The molecule has 0 aliphatic carbocycles. The Kier molecular flexibility index (Phi) is 3.98. The largest absolute Gasteiger partial charge is 0.323 e. The molecular weight excluding hydrogens is 186 g/mol. The Balaban J connectivity index is 2.77. The third-order valence-electron chi connectivity index (χ3n) is 1.97. The summed E-state index contributed by atoms with van der Waals surface area (Å²) < 4.78 is 26.0. The Hall–Kier alpha value is -1.00. The summed E-state index contributed by atoms with van der Waals surface area (Å²) in [6, 6.07) is 2.80. The van der Waals surface area contributed by atoms with Crippen LogP contribution in [0.25, 0.3) is 0 Å². The van der Waals surface area contributed by atoms with Crippen molar-refractivity contribution >= 4 is 0 Å². The van der Waals surface area contributed by atoms with Crippen molar-refractivity contribution in [1.82, 2.24) is 5.32 Å². The lowest BCUT2D eigenvalue weighted by Gasteiger charge is -2.13. The van der Waals surface area contributed by atoms with Crippen molar-refractivity contribution in [2.45, 2.75) is 13.0 Å². The molecule has 1 atom stereocenters. The van der Waals surface area contributed by atoms with Crippen molar-refractivity contribution < 1.29 is 8.78 Å². The van der Waals surface area contributed by atoms with Crippen LogP contribution in [0, 0.1) is 11.6 Å². The summed E-state index contributed by atoms with van der Waals surface area (Å²) in [7, 11) is 0. The summed E-state index contributed by atoms with van der Waals surface area (Å²) in [5, 5.41) is 2.98. The molecule has 0 fully saturated rings. The zero-order chi connectivity index (χ0) is 10.6. The van der Waals surface area contributed by atoms with Gasteiger partial charge in [0.25, 0.3) is 0 Å². The molecule has 1 unspecified atom stereocenters. The highest BCUT2D eigenvalue weighted by molar-refractivity contribution is 5.22. The van der Waals surface area contributed by atoms with Gasteiger partial charge < -0.3 is 11.1 Å². The number of nitrogens with two attached hydrogens (primary N) is 1. The molecule has 0 heterocycles. The minimum atomic E-state index is -0.509. The highest BCUT2D eigenvalue weighted by atomic mass is 19.1. The average molecular weight is 200 g/mol. The first-order chi connectivity index (χ1) is 6.65. The monoisotopic (exact) mass is 200 g/mol. The molecule has 0 aliphatic rings. The molecule has 14 heavy (non-hydrogen) atoms. The van der Waals surface area contributed by atoms with Crippen LogP contribution in [0.1, 0.15) is 18.5 Å². The molecular formula is C10H14F2N2. The van der Waals surface area contributed by atoms with Crippen molar-refractivity contribution in [3.63, 3.8) is 0 Å². The van der Waals surface area contributed by atoms with Crippen LogP contribution in [-0.4, -0.2) is 13.1 Å². The van der Waals surface area contributed by atoms with Crippen LogP contribution >= 0.6 is 0 Å². The molecule has 0 aliphatic heterocycles. The summed E-state index contributed by atoms with van der Waals surface area (Å²) in [6.45, 7) is 3.12. The molecule has 1 aromatic carbocycles. The zero-order valence-electron chi connectivity index (χ0n) is 8.06. The fourth-order valence-corrected chi connectivity index (χ4v) is 1.21. The smallest absolute Gasteiger partial charge is 0.128 e. The van der Waals surface area contributed by atoms with Crippen molar-refractivity contribution in [2.24, 2.45) is 5.73 Å². The number of benzene rings is 1. The predicted octanol–water partition coefficient (Wildman–Crippen LogP) is 1.57. The second-order valence-electron chi connectivity index (χ2n) is 3.08. The van der Waals surface area contributed by atoms with Gasteiger partial charge in [0.05, 0.1) is 0 Å². The molecule has 0 aromatic heterocycles. The fraction of sp³-hybridized carbons (Fsp3) is 0.400. The van der Waals surface area contributed by atoms with Gasteiger partial charge in [-0.3, -0.25) is 0 Å². The SMILES string of the molecule is CCNCC(N)c1cc(F)ccc1F. The van der Waals surface area contributed by atoms with Gasteiger partial charge in [-0.25, -0.2) is 8.78 Å². The maximum Gasteiger partial charge on any atom is 0.128 e. The van der Waals surface area contributed by atoms with E-state index < -0.39 is 17.7 Å². The molecule has 3 N–H and O–H groups in total. The van der Waals surface area contributed by atoms with Crippen LogP contribution in [0.5, 0.6) is 0 Å². The number of hydrogen-bond donors (Lipinski definition) is 2. The summed E-state index contributed by atoms with van der Waals surface area (Å²) in [5.74, 6) is -0.926. The van der Waals surface area contributed by atoms with Gasteiger partial charge in [-0.1, -0.05) is 6.92 Å². The van der Waals surface area contributed by atoms with E-state index in [1.807, 2.05) is 6.92 Å². The van der Waals surface area contributed by atoms with E-state index >= 15 is 0 Å². The fourth-order valence-electron chi connectivity index (χ4n) is 1.21. The summed E-state index contributed by atoms with van der Waals surface area (Å²) in [4.78, 5) is 0. The summed E-state index contributed by atoms with van der Waals surface area (Å²) in [5.41, 5.74) is 5.90. The Morgan fingerprint density at radius 3 is 2.79 bits per heavy atom. The van der Waals surface area contributed by atoms with E-state index in [-0.39, 0.29) is 5.56 Å². The first-order valence-electron chi connectivity index (χ1n) is 4.56. The van der Waals surface area contributed by atoms with Crippen molar-refractivity contribution in [2.75, 3.05) is 13.1 Å². The predicted molar refractivity (Wildman–Crippen MR) is 51.8 cm³/mol. The minimum absolute atomic E-state index is 0.214. The van der Waals surface area contributed by atoms with Gasteiger partial charge >= 0.3 is 0 Å². The average Bonchev–Trinajstić information content (AvgIpc) is 2.18. The molecule has 0 saturated carbocycles. The van der Waals surface area contributed by atoms with Gasteiger partial charge in [0.1, 0.15) is 11.6 Å². The number of rotatable bonds is 4. The summed E-state index contributed by atoms with van der Waals surface area (Å²) >= 11 is 0. The molecule has 4 heteroatoms. The van der Waals surface area contributed by atoms with Crippen LogP contribution in [-0.2, 0) is 0 Å². The lowest BCUT2D eigenvalue weighted by molar-refractivity contribution is 0.543. The van der Waals surface area contributed by atoms with Crippen LogP contribution < -0.4 is 11.1 Å². The van der Waals surface area contributed by atoms with Gasteiger partial charge in [0.2, 0.25) is 0 Å². The van der Waals surface area contributed by atoms with E-state index in [4.69, 9.17) is 5.73 Å². The minimum Gasteiger partial charge on any atom is -0.323 e. The highest BCUT2D eigenvalue weighted by Gasteiger charge is 2.11. The second kappa shape index (κ2) is 5.02. The molecule has 1 aromatic rings. The van der Waals surface area contributed by atoms with Crippen LogP contribution in [0.2, 0.25) is 0 Å². The van der Waals surface area contributed by atoms with Gasteiger partial charge in [0.15, 0.2) is 0 Å². The maximum absolute atomic E-state index is 13.2. The van der Waals surface area contributed by atoms with Gasteiger partial charge in [-0.15, -0.1) is 0 Å². The van der Waals surface area contributed by atoms with Crippen molar-refractivity contribution in [3.8, 4) is 0 Å². The second-order valence-corrected chi connectivity index (χ2v) is 3.08. The van der Waals surface area contributed by atoms with E-state index in [1.54, 1.807) is 0 Å². The number of nitrogens with one attached hydrogen (secondary N) is 1. The van der Waals surface area contributed by atoms with Crippen molar-refractivity contribution in [3.05, 3.63) is 35.4 Å². The van der Waals surface area contributed by atoms with Crippen molar-refractivity contribution in [1.29, 1.82) is 0 Å². The van der Waals surface area contributed by atoms with E-state index in [0.717, 1.165) is 24.7 Å². The number of hydrogen-bond acceptors (Lipinski definition) is 2. The van der Waals surface area contributed by atoms with Crippen LogP contribution in [0.3, 0.4) is 0 Å². The van der Waals surface area contributed by atoms with Gasteiger partial charge in [0, 0.05) is 18.2 Å². The maximum atomic E-state index is 13.2. The Bertz CT molecular complexity index is 302. The molecule has 0 spiro atoms. The normalized spacial score (nSPS) is 12.9. The summed E-state index contributed by atoms with van der Waals surface area (Å²) in [6.07, 6.45) is 0. The van der Waals surface area contributed by atoms with Gasteiger partial charge in [-0.2, -0.15) is 0 Å². The Labute approximate surface area is 82.1 Å². The van der Waals surface area contributed by atoms with Crippen LogP contribution in [0.4, 0.5) is 8.78 Å². The molecule has 0 bridgehead atoms. The Morgan fingerprint density at radius 2 is 2.14 bits per heavy atom. The molecule has 78 valence electrons. The topological polar surface area (TPSA) is 38.0 Å². The van der Waals surface area contributed by atoms with E-state index in [2.05, 4.69) is 5.32 Å². The van der Waals surface area contributed by atoms with E-state index in [1.165, 1.54) is 0 Å². The number of likely N-dealkylation sites (N-methyl/N-ethyl adjacent to an activating group) is 1. The number of halogens is 2. The zero-order valence-corrected chi connectivity index (χ0v) is 8.06. The van der Waals surface area contributed by atoms with E-state index in [0.29, 0.717) is 6.54 Å². The third kappa shape index (κ3) is 2.75. The van der Waals surface area contributed by atoms with Crippen LogP contribution in [0.15, 0.2) is 18.2 Å². The standard InChI is InChI=1S/C10H14F2N2/c1-2-14-6-10(13)8-5-7(11)3-4-9(8)12/h3-5,10,14H,2,6,13H2,1H3. The lowest BCUT2D eigenvalue weighted by Crippen LogP contribution is -2.27.